The molecule has 0 aliphatic rings. The van der Waals surface area contributed by atoms with E-state index < -0.39 is 0 Å². The van der Waals surface area contributed by atoms with Crippen molar-refractivity contribution in [3.05, 3.63) is 35.9 Å². The largest absolute Gasteiger partial charge is 0.466 e. The molecule has 0 bridgehead atoms. The first-order chi connectivity index (χ1) is 7.77. The first kappa shape index (κ1) is 12.8. The van der Waals surface area contributed by atoms with E-state index in [0.29, 0.717) is 18.9 Å². The lowest BCUT2D eigenvalue weighted by atomic mass is 9.91. The van der Waals surface area contributed by atoms with Gasteiger partial charge in [0, 0.05) is 0 Å². The fourth-order valence-corrected chi connectivity index (χ4v) is 1.88. The molecule has 0 radical (unpaired) electrons. The minimum atomic E-state index is -0.0928. The maximum atomic E-state index is 11.5. The highest BCUT2D eigenvalue weighted by molar-refractivity contribution is 5.70. The number of carbonyl (C=O) groups is 1. The molecule has 1 aromatic carbocycles. The van der Waals surface area contributed by atoms with Crippen molar-refractivity contribution in [2.45, 2.75) is 39.0 Å². The van der Waals surface area contributed by atoms with E-state index >= 15 is 0 Å². The van der Waals surface area contributed by atoms with E-state index in [1.165, 1.54) is 5.56 Å². The summed E-state index contributed by atoms with van der Waals surface area (Å²) in [5.74, 6) is 0.204. The fourth-order valence-electron chi connectivity index (χ4n) is 1.88. The van der Waals surface area contributed by atoms with Gasteiger partial charge in [-0.05, 0) is 24.8 Å². The second kappa shape index (κ2) is 7.04. The number of hydrogen-bond acceptors (Lipinski definition) is 2. The maximum absolute atomic E-state index is 11.5. The molecule has 0 N–H and O–H groups in total. The molecule has 1 rings (SSSR count). The van der Waals surface area contributed by atoms with E-state index in [1.54, 1.807) is 0 Å². The molecule has 0 saturated carbocycles. The smallest absolute Gasteiger partial charge is 0.306 e. The van der Waals surface area contributed by atoms with Crippen LogP contribution in [-0.2, 0) is 9.53 Å². The van der Waals surface area contributed by atoms with Crippen LogP contribution in [0.5, 0.6) is 0 Å². The van der Waals surface area contributed by atoms with Crippen LogP contribution in [-0.4, -0.2) is 12.6 Å². The standard InChI is InChI=1S/C14H20O2/c1-3-8-13(11-14(15)16-4-2)12-9-6-5-7-10-12/h5-7,9-10,13H,3-4,8,11H2,1-2H3/t13-/m1/s1. The summed E-state index contributed by atoms with van der Waals surface area (Å²) in [6, 6.07) is 10.2. The van der Waals surface area contributed by atoms with Crippen LogP contribution in [0.2, 0.25) is 0 Å². The van der Waals surface area contributed by atoms with Crippen LogP contribution in [0.15, 0.2) is 30.3 Å². The second-order valence-corrected chi connectivity index (χ2v) is 3.91. The van der Waals surface area contributed by atoms with Crippen LogP contribution in [0, 0.1) is 0 Å². The Morgan fingerprint density at radius 2 is 1.94 bits per heavy atom. The zero-order valence-corrected chi connectivity index (χ0v) is 10.1. The summed E-state index contributed by atoms with van der Waals surface area (Å²) in [5, 5.41) is 0. The highest BCUT2D eigenvalue weighted by Gasteiger charge is 2.15. The average Bonchev–Trinajstić information content (AvgIpc) is 2.30. The van der Waals surface area contributed by atoms with Crippen molar-refractivity contribution in [2.24, 2.45) is 0 Å². The maximum Gasteiger partial charge on any atom is 0.306 e. The predicted octanol–water partition coefficient (Wildman–Crippen LogP) is 3.52. The van der Waals surface area contributed by atoms with Crippen LogP contribution < -0.4 is 0 Å². The summed E-state index contributed by atoms with van der Waals surface area (Å²) in [5.41, 5.74) is 1.23. The van der Waals surface area contributed by atoms with Crippen LogP contribution in [0.25, 0.3) is 0 Å². The Kier molecular flexibility index (Phi) is 5.62. The SMILES string of the molecule is CCC[C@H](CC(=O)OCC)c1ccccc1. The molecule has 2 nitrogen and oxygen atoms in total. The molecule has 2 heteroatoms. The van der Waals surface area contributed by atoms with E-state index in [0.717, 1.165) is 12.8 Å². The zero-order valence-electron chi connectivity index (χ0n) is 10.1. The highest BCUT2D eigenvalue weighted by atomic mass is 16.5. The Morgan fingerprint density at radius 1 is 1.25 bits per heavy atom. The monoisotopic (exact) mass is 220 g/mol. The van der Waals surface area contributed by atoms with Gasteiger partial charge in [-0.1, -0.05) is 43.7 Å². The number of benzene rings is 1. The van der Waals surface area contributed by atoms with E-state index in [-0.39, 0.29) is 5.97 Å². The van der Waals surface area contributed by atoms with Gasteiger partial charge >= 0.3 is 5.97 Å². The van der Waals surface area contributed by atoms with Gasteiger partial charge in [-0.25, -0.2) is 0 Å². The van der Waals surface area contributed by atoms with Crippen LogP contribution in [0.4, 0.5) is 0 Å². The first-order valence-corrected chi connectivity index (χ1v) is 5.98. The molecular formula is C14H20O2. The average molecular weight is 220 g/mol. The van der Waals surface area contributed by atoms with Crippen LogP contribution >= 0.6 is 0 Å². The van der Waals surface area contributed by atoms with Gasteiger partial charge in [0.05, 0.1) is 13.0 Å². The lowest BCUT2D eigenvalue weighted by molar-refractivity contribution is -0.143. The van der Waals surface area contributed by atoms with Gasteiger partial charge in [-0.2, -0.15) is 0 Å². The van der Waals surface area contributed by atoms with Gasteiger partial charge in [-0.3, -0.25) is 4.79 Å². The molecule has 0 heterocycles. The number of hydrogen-bond donors (Lipinski definition) is 0. The van der Waals surface area contributed by atoms with Gasteiger partial charge in [0.25, 0.3) is 0 Å². The van der Waals surface area contributed by atoms with Gasteiger partial charge in [0.2, 0.25) is 0 Å². The number of ether oxygens (including phenoxy) is 1. The Balaban J connectivity index is 2.64. The first-order valence-electron chi connectivity index (χ1n) is 5.98. The third kappa shape index (κ3) is 4.05. The molecule has 0 aliphatic heterocycles. The van der Waals surface area contributed by atoms with Gasteiger partial charge < -0.3 is 4.74 Å². The molecule has 0 amide bonds. The minimum absolute atomic E-state index is 0.0928. The van der Waals surface area contributed by atoms with E-state index in [2.05, 4.69) is 19.1 Å². The number of esters is 1. The lowest BCUT2D eigenvalue weighted by Crippen LogP contribution is -2.10. The second-order valence-electron chi connectivity index (χ2n) is 3.91. The fraction of sp³-hybridized carbons (Fsp3) is 0.500. The van der Waals surface area contributed by atoms with Crippen molar-refractivity contribution >= 4 is 5.97 Å². The van der Waals surface area contributed by atoms with Gasteiger partial charge in [0.1, 0.15) is 0 Å². The molecule has 0 unspecified atom stereocenters. The van der Waals surface area contributed by atoms with Crippen molar-refractivity contribution in [2.75, 3.05) is 6.61 Å². The van der Waals surface area contributed by atoms with Crippen molar-refractivity contribution in [3.8, 4) is 0 Å². The van der Waals surface area contributed by atoms with E-state index in [4.69, 9.17) is 4.74 Å². The summed E-state index contributed by atoms with van der Waals surface area (Å²) in [7, 11) is 0. The topological polar surface area (TPSA) is 26.3 Å². The molecule has 0 saturated heterocycles. The Bertz CT molecular complexity index is 306. The minimum Gasteiger partial charge on any atom is -0.466 e. The van der Waals surface area contributed by atoms with E-state index in [9.17, 15) is 4.79 Å². The summed E-state index contributed by atoms with van der Waals surface area (Å²) >= 11 is 0. The molecule has 16 heavy (non-hydrogen) atoms. The molecule has 1 aromatic rings. The number of rotatable bonds is 6. The third-order valence-electron chi connectivity index (χ3n) is 2.63. The summed E-state index contributed by atoms with van der Waals surface area (Å²) in [6.07, 6.45) is 2.60. The molecule has 0 aromatic heterocycles. The quantitative estimate of drug-likeness (QED) is 0.686. The van der Waals surface area contributed by atoms with Crippen molar-refractivity contribution in [3.63, 3.8) is 0 Å². The molecular weight excluding hydrogens is 200 g/mol. The van der Waals surface area contributed by atoms with Gasteiger partial charge in [0.15, 0.2) is 0 Å². The Morgan fingerprint density at radius 3 is 2.50 bits per heavy atom. The van der Waals surface area contributed by atoms with Gasteiger partial charge in [-0.15, -0.1) is 0 Å². The molecule has 0 fully saturated rings. The predicted molar refractivity (Wildman–Crippen MR) is 65.3 cm³/mol. The van der Waals surface area contributed by atoms with Crippen LogP contribution in [0.3, 0.4) is 0 Å². The number of carbonyl (C=O) groups excluding carboxylic acids is 1. The van der Waals surface area contributed by atoms with Crippen molar-refractivity contribution in [1.29, 1.82) is 0 Å². The highest BCUT2D eigenvalue weighted by Crippen LogP contribution is 2.25. The summed E-state index contributed by atoms with van der Waals surface area (Å²) in [6.45, 7) is 4.45. The van der Waals surface area contributed by atoms with Crippen LogP contribution in [0.1, 0.15) is 44.6 Å². The normalized spacial score (nSPS) is 12.1. The lowest BCUT2D eigenvalue weighted by Gasteiger charge is -2.15. The molecule has 0 aliphatic carbocycles. The van der Waals surface area contributed by atoms with E-state index in [1.807, 2.05) is 25.1 Å². The Labute approximate surface area is 97.6 Å². The molecule has 0 spiro atoms. The summed E-state index contributed by atoms with van der Waals surface area (Å²) < 4.78 is 5.00. The Hall–Kier alpha value is -1.31. The molecule has 1 atom stereocenters. The molecule has 88 valence electrons. The van der Waals surface area contributed by atoms with Crippen molar-refractivity contribution in [1.82, 2.24) is 0 Å². The third-order valence-corrected chi connectivity index (χ3v) is 2.63. The summed E-state index contributed by atoms with van der Waals surface area (Å²) in [4.78, 5) is 11.5. The zero-order chi connectivity index (χ0) is 11.8. The van der Waals surface area contributed by atoms with Crippen molar-refractivity contribution < 1.29 is 9.53 Å².